The number of sulfonamides is 1. The number of aryl methyl sites for hydroxylation is 1. The zero-order chi connectivity index (χ0) is 19.2. The van der Waals surface area contributed by atoms with Crippen LogP contribution in [0.15, 0.2) is 41.6 Å². The summed E-state index contributed by atoms with van der Waals surface area (Å²) in [6.07, 6.45) is 4.24. The Morgan fingerprint density at radius 1 is 1.31 bits per heavy atom. The monoisotopic (exact) mass is 398 g/mol. The molecule has 7 nitrogen and oxygen atoms in total. The maximum Gasteiger partial charge on any atom is 0.252 e. The van der Waals surface area contributed by atoms with Crippen LogP contribution in [0.25, 0.3) is 0 Å². The van der Waals surface area contributed by atoms with Crippen molar-refractivity contribution in [2.75, 3.05) is 19.6 Å². The molecule has 0 aliphatic carbocycles. The van der Waals surface area contributed by atoms with Gasteiger partial charge in [-0.15, -0.1) is 0 Å². The Kier molecular flexibility index (Phi) is 7.19. The van der Waals surface area contributed by atoms with Crippen LogP contribution in [0.1, 0.15) is 30.6 Å². The molecule has 1 aromatic heterocycles. The Hall–Kier alpha value is -1.90. The van der Waals surface area contributed by atoms with E-state index in [0.29, 0.717) is 32.6 Å². The number of aromatic nitrogens is 2. The maximum absolute atomic E-state index is 12.6. The van der Waals surface area contributed by atoms with Crippen molar-refractivity contribution < 1.29 is 13.2 Å². The van der Waals surface area contributed by atoms with Crippen LogP contribution >= 0.6 is 11.6 Å². The molecule has 142 valence electrons. The van der Waals surface area contributed by atoms with E-state index in [2.05, 4.69) is 10.4 Å². The minimum absolute atomic E-state index is 0.0623. The number of hydrogen-bond acceptors (Lipinski definition) is 4. The summed E-state index contributed by atoms with van der Waals surface area (Å²) in [7, 11) is -3.65. The number of carbonyl (C=O) groups excluding carboxylic acids is 1. The third kappa shape index (κ3) is 4.84. The first kappa shape index (κ1) is 20.4. The third-order valence-electron chi connectivity index (χ3n) is 3.93. The molecule has 1 heterocycles. The topological polar surface area (TPSA) is 84.3 Å². The van der Waals surface area contributed by atoms with Gasteiger partial charge < -0.3 is 5.32 Å². The number of nitrogens with zero attached hydrogens (tertiary/aromatic N) is 3. The molecule has 2 aromatic rings. The Balaban J connectivity index is 2.07. The highest BCUT2D eigenvalue weighted by atomic mass is 35.5. The minimum atomic E-state index is -3.65. The number of carbonyl (C=O) groups is 1. The van der Waals surface area contributed by atoms with Crippen molar-refractivity contribution >= 4 is 27.5 Å². The van der Waals surface area contributed by atoms with E-state index in [1.807, 2.05) is 12.3 Å². The minimum Gasteiger partial charge on any atom is -0.352 e. The lowest BCUT2D eigenvalue weighted by atomic mass is 10.2. The number of hydrogen-bond donors (Lipinski definition) is 1. The molecule has 0 radical (unpaired) electrons. The summed E-state index contributed by atoms with van der Waals surface area (Å²) < 4.78 is 28.3. The van der Waals surface area contributed by atoms with Crippen LogP contribution in [-0.4, -0.2) is 48.0 Å². The Morgan fingerprint density at radius 3 is 2.65 bits per heavy atom. The molecular formula is C17H23ClN4O3S. The number of rotatable bonds is 9. The Bertz CT molecular complexity index is 834. The molecule has 2 rings (SSSR count). The van der Waals surface area contributed by atoms with E-state index in [4.69, 9.17) is 11.6 Å². The summed E-state index contributed by atoms with van der Waals surface area (Å²) in [6, 6.07) is 6.03. The fraction of sp³-hybridized carbons (Fsp3) is 0.412. The van der Waals surface area contributed by atoms with E-state index in [9.17, 15) is 13.2 Å². The molecule has 0 unspecified atom stereocenters. The number of amides is 1. The lowest BCUT2D eigenvalue weighted by Crippen LogP contribution is -2.31. The van der Waals surface area contributed by atoms with Gasteiger partial charge in [-0.2, -0.15) is 9.40 Å². The molecule has 0 bridgehead atoms. The van der Waals surface area contributed by atoms with Gasteiger partial charge in [0.1, 0.15) is 0 Å². The van der Waals surface area contributed by atoms with Crippen LogP contribution in [0.2, 0.25) is 5.02 Å². The molecule has 1 amide bonds. The molecule has 0 atom stereocenters. The predicted octanol–water partition coefficient (Wildman–Crippen LogP) is 2.39. The van der Waals surface area contributed by atoms with Crippen molar-refractivity contribution in [2.45, 2.75) is 31.7 Å². The smallest absolute Gasteiger partial charge is 0.252 e. The highest BCUT2D eigenvalue weighted by molar-refractivity contribution is 7.89. The SMILES string of the molecule is CCN(CC)S(=O)(=O)c1ccc(Cl)c(C(=O)NCCCn2cccn2)c1. The molecule has 1 N–H and O–H groups in total. The van der Waals surface area contributed by atoms with E-state index >= 15 is 0 Å². The second-order valence-electron chi connectivity index (χ2n) is 5.61. The number of nitrogens with one attached hydrogen (secondary N) is 1. The van der Waals surface area contributed by atoms with Crippen molar-refractivity contribution in [2.24, 2.45) is 0 Å². The molecule has 26 heavy (non-hydrogen) atoms. The Morgan fingerprint density at radius 2 is 2.04 bits per heavy atom. The first-order valence-electron chi connectivity index (χ1n) is 8.45. The largest absolute Gasteiger partial charge is 0.352 e. The van der Waals surface area contributed by atoms with Gasteiger partial charge in [0.05, 0.1) is 15.5 Å². The van der Waals surface area contributed by atoms with Gasteiger partial charge in [0.2, 0.25) is 10.0 Å². The van der Waals surface area contributed by atoms with Gasteiger partial charge in [-0.1, -0.05) is 25.4 Å². The lowest BCUT2D eigenvalue weighted by Gasteiger charge is -2.19. The van der Waals surface area contributed by atoms with Crippen LogP contribution < -0.4 is 5.32 Å². The number of halogens is 1. The quantitative estimate of drug-likeness (QED) is 0.657. The molecule has 0 spiro atoms. The first-order chi connectivity index (χ1) is 12.4. The highest BCUT2D eigenvalue weighted by Gasteiger charge is 2.23. The molecule has 0 saturated heterocycles. The van der Waals surface area contributed by atoms with E-state index in [1.165, 1.54) is 22.5 Å². The van der Waals surface area contributed by atoms with Gasteiger partial charge >= 0.3 is 0 Å². The van der Waals surface area contributed by atoms with E-state index in [1.54, 1.807) is 24.7 Å². The maximum atomic E-state index is 12.6. The van der Waals surface area contributed by atoms with Crippen LogP contribution in [0.3, 0.4) is 0 Å². The zero-order valence-electron chi connectivity index (χ0n) is 14.9. The molecule has 0 saturated carbocycles. The fourth-order valence-corrected chi connectivity index (χ4v) is 4.21. The first-order valence-corrected chi connectivity index (χ1v) is 10.3. The average Bonchev–Trinajstić information content (AvgIpc) is 3.13. The van der Waals surface area contributed by atoms with Crippen LogP contribution in [-0.2, 0) is 16.6 Å². The van der Waals surface area contributed by atoms with Crippen molar-refractivity contribution in [3.05, 3.63) is 47.2 Å². The highest BCUT2D eigenvalue weighted by Crippen LogP contribution is 2.23. The van der Waals surface area contributed by atoms with Crippen molar-refractivity contribution in [3.63, 3.8) is 0 Å². The summed E-state index contributed by atoms with van der Waals surface area (Å²) in [5.41, 5.74) is 0.152. The van der Waals surface area contributed by atoms with Crippen molar-refractivity contribution in [1.82, 2.24) is 19.4 Å². The number of benzene rings is 1. The zero-order valence-corrected chi connectivity index (χ0v) is 16.4. The summed E-state index contributed by atoms with van der Waals surface area (Å²) in [4.78, 5) is 12.5. The molecule has 0 aliphatic rings. The van der Waals surface area contributed by atoms with Crippen LogP contribution in [0.4, 0.5) is 0 Å². The predicted molar refractivity (Wildman–Crippen MR) is 101 cm³/mol. The van der Waals surface area contributed by atoms with Crippen molar-refractivity contribution in [3.8, 4) is 0 Å². The van der Waals surface area contributed by atoms with Crippen molar-refractivity contribution in [1.29, 1.82) is 0 Å². The Labute approximate surface area is 159 Å². The summed E-state index contributed by atoms with van der Waals surface area (Å²) in [5, 5.41) is 7.07. The van der Waals surface area contributed by atoms with E-state index in [-0.39, 0.29) is 15.5 Å². The van der Waals surface area contributed by atoms with Crippen LogP contribution in [0.5, 0.6) is 0 Å². The van der Waals surface area contributed by atoms with Gasteiger partial charge in [0, 0.05) is 38.6 Å². The van der Waals surface area contributed by atoms with E-state index in [0.717, 1.165) is 0 Å². The fourth-order valence-electron chi connectivity index (χ4n) is 2.52. The van der Waals surface area contributed by atoms with Gasteiger partial charge in [-0.3, -0.25) is 9.48 Å². The summed E-state index contributed by atoms with van der Waals surface area (Å²) in [6.45, 7) is 5.36. The third-order valence-corrected chi connectivity index (χ3v) is 6.31. The van der Waals surface area contributed by atoms with Crippen LogP contribution in [0, 0.1) is 0 Å². The molecule has 9 heteroatoms. The van der Waals surface area contributed by atoms with Gasteiger partial charge in [-0.25, -0.2) is 8.42 Å². The van der Waals surface area contributed by atoms with Gasteiger partial charge in [0.25, 0.3) is 5.91 Å². The molecule has 0 fully saturated rings. The second kappa shape index (κ2) is 9.16. The van der Waals surface area contributed by atoms with Gasteiger partial charge in [0.15, 0.2) is 0 Å². The van der Waals surface area contributed by atoms with Gasteiger partial charge in [-0.05, 0) is 30.7 Å². The summed E-state index contributed by atoms with van der Waals surface area (Å²) in [5.74, 6) is -0.396. The lowest BCUT2D eigenvalue weighted by molar-refractivity contribution is 0.0952. The molecular weight excluding hydrogens is 376 g/mol. The molecule has 0 aliphatic heterocycles. The standard InChI is InChI=1S/C17H23ClN4O3S/c1-3-22(4-2)26(24,25)14-7-8-16(18)15(13-14)17(23)19-9-5-11-21-12-6-10-20-21/h6-8,10,12-13H,3-5,9,11H2,1-2H3,(H,19,23). The molecule has 1 aromatic carbocycles. The summed E-state index contributed by atoms with van der Waals surface area (Å²) >= 11 is 6.10. The normalized spacial score (nSPS) is 11.7. The second-order valence-corrected chi connectivity index (χ2v) is 7.95. The van der Waals surface area contributed by atoms with E-state index < -0.39 is 15.9 Å². The average molecular weight is 399 g/mol.